The van der Waals surface area contributed by atoms with Gasteiger partial charge in [0.15, 0.2) is 11.5 Å². The van der Waals surface area contributed by atoms with Gasteiger partial charge in [0.2, 0.25) is 0 Å². The average Bonchev–Trinajstić information content (AvgIpc) is 3.58. The summed E-state index contributed by atoms with van der Waals surface area (Å²) >= 11 is 1.44. The molecular weight excluding hydrogens is 504 g/mol. The van der Waals surface area contributed by atoms with Crippen LogP contribution in [0.4, 0.5) is 5.88 Å². The number of thiophene rings is 1. The third-order valence-corrected chi connectivity index (χ3v) is 6.61. The summed E-state index contributed by atoms with van der Waals surface area (Å²) in [5.41, 5.74) is 0.819. The molecule has 3 heterocycles. The second kappa shape index (κ2) is 10.6. The van der Waals surface area contributed by atoms with Gasteiger partial charge in [0, 0.05) is 11.1 Å². The number of phenols is 1. The minimum Gasteiger partial charge on any atom is -0.504 e. The van der Waals surface area contributed by atoms with E-state index in [1.807, 2.05) is 17.5 Å². The molecular formula is C25H22N2O9S. The van der Waals surface area contributed by atoms with E-state index in [2.05, 4.69) is 0 Å². The third kappa shape index (κ3) is 5.05. The number of phenolic OH excluding ortho intramolecular Hbond substituents is 1. The molecule has 0 aliphatic carbocycles. The Kier molecular flexibility index (Phi) is 7.30. The van der Waals surface area contributed by atoms with Crippen molar-refractivity contribution in [3.05, 3.63) is 91.0 Å². The first-order valence-corrected chi connectivity index (χ1v) is 11.7. The number of nitro groups is 1. The molecule has 1 aliphatic rings. The highest BCUT2D eigenvalue weighted by Gasteiger charge is 2.33. The maximum Gasteiger partial charge on any atom is 0.433 e. The van der Waals surface area contributed by atoms with Crippen LogP contribution in [-0.4, -0.2) is 48.2 Å². The van der Waals surface area contributed by atoms with E-state index < -0.39 is 28.8 Å². The predicted octanol–water partition coefficient (Wildman–Crippen LogP) is 4.18. The molecule has 1 atom stereocenters. The number of ether oxygens (including phenoxy) is 3. The van der Waals surface area contributed by atoms with E-state index in [0.717, 1.165) is 4.88 Å². The Morgan fingerprint density at radius 2 is 1.86 bits per heavy atom. The molecule has 2 aromatic heterocycles. The topological polar surface area (TPSA) is 142 Å². The maximum absolute atomic E-state index is 12.9. The normalized spacial score (nSPS) is 15.0. The number of aromatic hydroxyl groups is 1. The zero-order chi connectivity index (χ0) is 26.7. The van der Waals surface area contributed by atoms with Gasteiger partial charge in [-0.3, -0.25) is 10.1 Å². The maximum atomic E-state index is 12.9. The van der Waals surface area contributed by atoms with E-state index in [1.165, 1.54) is 63.1 Å². The second-order valence-corrected chi connectivity index (χ2v) is 8.80. The smallest absolute Gasteiger partial charge is 0.433 e. The van der Waals surface area contributed by atoms with Crippen LogP contribution in [0, 0.1) is 10.1 Å². The van der Waals surface area contributed by atoms with Gasteiger partial charge in [-0.1, -0.05) is 6.07 Å². The van der Waals surface area contributed by atoms with Crippen molar-refractivity contribution < 1.29 is 38.2 Å². The summed E-state index contributed by atoms with van der Waals surface area (Å²) in [4.78, 5) is 38.8. The van der Waals surface area contributed by atoms with Crippen molar-refractivity contribution in [2.45, 2.75) is 12.6 Å². The van der Waals surface area contributed by atoms with Gasteiger partial charge in [0.25, 0.3) is 0 Å². The molecule has 0 saturated heterocycles. The number of benzene rings is 1. The lowest BCUT2D eigenvalue weighted by Crippen LogP contribution is -2.28. The van der Waals surface area contributed by atoms with Crippen molar-refractivity contribution in [1.29, 1.82) is 0 Å². The summed E-state index contributed by atoms with van der Waals surface area (Å²) in [6.45, 7) is -0.0199. The highest BCUT2D eigenvalue weighted by atomic mass is 32.1. The van der Waals surface area contributed by atoms with Crippen LogP contribution < -0.4 is 4.74 Å². The first-order chi connectivity index (χ1) is 17.8. The van der Waals surface area contributed by atoms with Crippen LogP contribution in [0.3, 0.4) is 0 Å². The fourth-order valence-electron chi connectivity index (χ4n) is 4.03. The van der Waals surface area contributed by atoms with Crippen molar-refractivity contribution >= 4 is 35.2 Å². The van der Waals surface area contributed by atoms with Gasteiger partial charge in [-0.2, -0.15) is 0 Å². The standard InChI is InChI=1S/C25H22N2O9S/c1-33-20-11-16-14(10-19(20)28)9-17(24(29)34-2)18(25(30)35-3)13-26(23(16)21-5-4-8-37-21)12-15-6-7-22(36-15)27(31)32/h4-11,13,23,28H,12H2,1-3H3. The largest absolute Gasteiger partial charge is 0.504 e. The lowest BCUT2D eigenvalue weighted by molar-refractivity contribution is -0.402. The van der Waals surface area contributed by atoms with Crippen LogP contribution in [0.1, 0.15) is 27.8 Å². The third-order valence-electron chi connectivity index (χ3n) is 5.68. The Bertz CT molecular complexity index is 1410. The minimum absolute atomic E-state index is 0.0199. The molecule has 1 aliphatic heterocycles. The second-order valence-electron chi connectivity index (χ2n) is 7.82. The van der Waals surface area contributed by atoms with Gasteiger partial charge in [0.1, 0.15) is 10.7 Å². The molecule has 0 amide bonds. The van der Waals surface area contributed by atoms with Gasteiger partial charge in [0.05, 0.1) is 51.1 Å². The first kappa shape index (κ1) is 25.5. The fraction of sp³-hybridized carbons (Fsp3) is 0.200. The number of carbonyl (C=O) groups is 2. The molecule has 1 aromatic carbocycles. The van der Waals surface area contributed by atoms with Crippen LogP contribution >= 0.6 is 11.3 Å². The average molecular weight is 527 g/mol. The first-order valence-electron chi connectivity index (χ1n) is 10.8. The number of methoxy groups -OCH3 is 3. The van der Waals surface area contributed by atoms with Gasteiger partial charge in [-0.25, -0.2) is 9.59 Å². The van der Waals surface area contributed by atoms with Crippen LogP contribution in [0.25, 0.3) is 6.08 Å². The number of carbonyl (C=O) groups excluding carboxylic acids is 2. The molecule has 37 heavy (non-hydrogen) atoms. The molecule has 11 nitrogen and oxygen atoms in total. The number of hydrogen-bond donors (Lipinski definition) is 1. The van der Waals surface area contributed by atoms with E-state index in [1.54, 1.807) is 11.0 Å². The Labute approximate surface area is 214 Å². The Morgan fingerprint density at radius 3 is 2.46 bits per heavy atom. The number of rotatable bonds is 7. The molecule has 192 valence electrons. The monoisotopic (exact) mass is 526 g/mol. The van der Waals surface area contributed by atoms with Crippen molar-refractivity contribution in [3.63, 3.8) is 0 Å². The number of nitrogens with zero attached hydrogens (tertiary/aromatic N) is 2. The summed E-state index contributed by atoms with van der Waals surface area (Å²) in [7, 11) is 3.77. The van der Waals surface area contributed by atoms with Crippen molar-refractivity contribution in [3.8, 4) is 11.5 Å². The Balaban J connectivity index is 2.03. The van der Waals surface area contributed by atoms with Crippen LogP contribution in [0.15, 0.2) is 63.5 Å². The van der Waals surface area contributed by atoms with Crippen molar-refractivity contribution in [2.75, 3.05) is 21.3 Å². The number of fused-ring (bicyclic) bond motifs is 1. The van der Waals surface area contributed by atoms with Crippen LogP contribution in [0.5, 0.6) is 11.5 Å². The molecule has 0 bridgehead atoms. The van der Waals surface area contributed by atoms with Gasteiger partial charge >= 0.3 is 17.8 Å². The lowest BCUT2D eigenvalue weighted by Gasteiger charge is -2.33. The van der Waals surface area contributed by atoms with E-state index in [-0.39, 0.29) is 35.0 Å². The number of furan rings is 1. The zero-order valence-electron chi connectivity index (χ0n) is 20.0. The van der Waals surface area contributed by atoms with Crippen molar-refractivity contribution in [2.24, 2.45) is 0 Å². The Morgan fingerprint density at radius 1 is 1.14 bits per heavy atom. The summed E-state index contributed by atoms with van der Waals surface area (Å²) < 4.78 is 20.6. The molecule has 12 heteroatoms. The molecule has 0 spiro atoms. The summed E-state index contributed by atoms with van der Waals surface area (Å²) in [6.07, 6.45) is 2.88. The zero-order valence-corrected chi connectivity index (χ0v) is 20.8. The number of esters is 2. The lowest BCUT2D eigenvalue weighted by atomic mass is 9.91. The molecule has 0 fully saturated rings. The van der Waals surface area contributed by atoms with Crippen molar-refractivity contribution in [1.82, 2.24) is 4.90 Å². The highest BCUT2D eigenvalue weighted by Crippen LogP contribution is 2.43. The molecule has 0 radical (unpaired) electrons. The van der Waals surface area contributed by atoms with E-state index >= 15 is 0 Å². The molecule has 1 unspecified atom stereocenters. The SMILES string of the molecule is COC(=O)C1=Cc2cc(O)c(OC)cc2C(c2cccs2)N(Cc2ccc([N+](=O)[O-])o2)C=C1C(=O)OC. The predicted molar refractivity (Wildman–Crippen MR) is 132 cm³/mol. The quantitative estimate of drug-likeness (QED) is 0.271. The van der Waals surface area contributed by atoms with Gasteiger partial charge in [-0.05, 0) is 46.8 Å². The fourth-order valence-corrected chi connectivity index (χ4v) is 4.89. The molecule has 4 rings (SSSR count). The molecule has 1 N–H and O–H groups in total. The van der Waals surface area contributed by atoms with Crippen LogP contribution in [0.2, 0.25) is 0 Å². The molecule has 0 saturated carbocycles. The van der Waals surface area contributed by atoms with Gasteiger partial charge < -0.3 is 28.6 Å². The van der Waals surface area contributed by atoms with E-state index in [4.69, 9.17) is 18.6 Å². The number of hydrogen-bond acceptors (Lipinski definition) is 11. The van der Waals surface area contributed by atoms with E-state index in [9.17, 15) is 24.8 Å². The van der Waals surface area contributed by atoms with Crippen LogP contribution in [-0.2, 0) is 25.6 Å². The summed E-state index contributed by atoms with van der Waals surface area (Å²) in [5.74, 6) is -1.79. The molecule has 3 aromatic rings. The summed E-state index contributed by atoms with van der Waals surface area (Å²) in [5, 5.41) is 23.6. The minimum atomic E-state index is -0.807. The van der Waals surface area contributed by atoms with E-state index in [0.29, 0.717) is 11.1 Å². The van der Waals surface area contributed by atoms with Gasteiger partial charge in [-0.15, -0.1) is 11.3 Å². The summed E-state index contributed by atoms with van der Waals surface area (Å²) in [6, 6.07) is 8.91. The highest BCUT2D eigenvalue weighted by molar-refractivity contribution is 7.10. The Hall–Kier alpha value is -4.58.